The van der Waals surface area contributed by atoms with Gasteiger partial charge in [-0.1, -0.05) is 146 Å². The van der Waals surface area contributed by atoms with E-state index in [4.69, 9.17) is 9.97 Å². The molecule has 0 aliphatic carbocycles. The summed E-state index contributed by atoms with van der Waals surface area (Å²) in [5.41, 5.74) is 8.35. The number of anilines is 6. The molecule has 0 aliphatic rings. The molecule has 58 heavy (non-hydrogen) atoms. The van der Waals surface area contributed by atoms with E-state index in [1.54, 1.807) is 0 Å². The van der Waals surface area contributed by atoms with E-state index in [2.05, 4.69) is 204 Å². The van der Waals surface area contributed by atoms with Gasteiger partial charge in [-0.15, -0.1) is 0 Å². The van der Waals surface area contributed by atoms with Gasteiger partial charge in [0.25, 0.3) is 0 Å². The quantitative estimate of drug-likeness (QED) is 0.159. The summed E-state index contributed by atoms with van der Waals surface area (Å²) in [5.74, 6) is 0. The predicted molar refractivity (Wildman–Crippen MR) is 245 cm³/mol. The van der Waals surface area contributed by atoms with Crippen LogP contribution in [0.4, 0.5) is 34.1 Å². The second-order valence-electron chi connectivity index (χ2n) is 15.0. The Hall–Kier alpha value is -7.82. The standard InChI is InChI=1S/C54H34N4/c1-5-21-43-35(13-1)17-9-25-49(43)57(50-26-10-18-36-14-2-6-22-44(36)50)41-29-39-33-55-47-31-42(32-48-54(47)53(39)40(30-41)34-56-48)58(51-27-11-19-37-15-3-7-23-45(37)51)52-28-12-20-38-16-4-8-24-46(38)52/h1-34H. The number of pyridine rings is 2. The molecule has 10 aromatic carbocycles. The second-order valence-corrected chi connectivity index (χ2v) is 15.0. The maximum absolute atomic E-state index is 5.23. The first kappa shape index (κ1) is 32.4. The zero-order valence-electron chi connectivity index (χ0n) is 31.4. The van der Waals surface area contributed by atoms with Crippen LogP contribution in [0.15, 0.2) is 207 Å². The number of benzene rings is 10. The molecule has 0 bridgehead atoms. The summed E-state index contributed by atoms with van der Waals surface area (Å²) in [4.78, 5) is 15.2. The van der Waals surface area contributed by atoms with Crippen LogP contribution in [0.3, 0.4) is 0 Å². The van der Waals surface area contributed by atoms with Gasteiger partial charge >= 0.3 is 0 Å². The number of aromatic nitrogens is 2. The first-order chi connectivity index (χ1) is 28.8. The molecule has 0 aliphatic heterocycles. The molecule has 0 saturated heterocycles. The van der Waals surface area contributed by atoms with E-state index < -0.39 is 0 Å². The summed E-state index contributed by atoms with van der Waals surface area (Å²) < 4.78 is 0. The topological polar surface area (TPSA) is 32.3 Å². The van der Waals surface area contributed by atoms with Crippen LogP contribution in [-0.2, 0) is 0 Å². The molecule has 0 N–H and O–H groups in total. The Labute approximate surface area is 334 Å². The Balaban J connectivity index is 1.09. The molecule has 0 atom stereocenters. The van der Waals surface area contributed by atoms with Crippen molar-refractivity contribution >= 4 is 110 Å². The molecular formula is C54H34N4. The van der Waals surface area contributed by atoms with Crippen LogP contribution in [0, 0.1) is 0 Å². The summed E-state index contributed by atoms with van der Waals surface area (Å²) in [5, 5.41) is 13.9. The summed E-state index contributed by atoms with van der Waals surface area (Å²) in [6.45, 7) is 0. The number of hydrogen-bond acceptors (Lipinski definition) is 4. The predicted octanol–water partition coefficient (Wildman–Crippen LogP) is 14.9. The third kappa shape index (κ3) is 5.02. The Kier molecular flexibility index (Phi) is 7.20. The molecule has 0 saturated carbocycles. The molecule has 0 spiro atoms. The maximum Gasteiger partial charge on any atom is 0.0751 e. The molecule has 4 heteroatoms. The van der Waals surface area contributed by atoms with Crippen LogP contribution < -0.4 is 9.80 Å². The van der Waals surface area contributed by atoms with Gasteiger partial charge in [-0.2, -0.15) is 0 Å². The molecule has 12 rings (SSSR count). The van der Waals surface area contributed by atoms with Crippen molar-refractivity contribution in [3.05, 3.63) is 207 Å². The Morgan fingerprint density at radius 3 is 0.948 bits per heavy atom. The molecule has 0 amide bonds. The van der Waals surface area contributed by atoms with Crippen LogP contribution >= 0.6 is 0 Å². The highest BCUT2D eigenvalue weighted by molar-refractivity contribution is 6.23. The van der Waals surface area contributed by atoms with Gasteiger partial charge in [0.2, 0.25) is 0 Å². The second kappa shape index (κ2) is 12.9. The molecule has 2 heterocycles. The largest absolute Gasteiger partial charge is 0.309 e. The maximum atomic E-state index is 5.23. The highest BCUT2D eigenvalue weighted by atomic mass is 15.2. The van der Waals surface area contributed by atoms with E-state index in [9.17, 15) is 0 Å². The van der Waals surface area contributed by atoms with Crippen LogP contribution in [-0.4, -0.2) is 9.97 Å². The zero-order valence-corrected chi connectivity index (χ0v) is 31.4. The minimum absolute atomic E-state index is 0.913. The minimum atomic E-state index is 0.913. The Morgan fingerprint density at radius 1 is 0.276 bits per heavy atom. The monoisotopic (exact) mass is 738 g/mol. The third-order valence-corrected chi connectivity index (χ3v) is 11.7. The van der Waals surface area contributed by atoms with Crippen molar-refractivity contribution in [2.45, 2.75) is 0 Å². The number of rotatable bonds is 6. The molecule has 0 radical (unpaired) electrons. The van der Waals surface area contributed by atoms with Crippen LogP contribution in [0.2, 0.25) is 0 Å². The first-order valence-corrected chi connectivity index (χ1v) is 19.7. The zero-order chi connectivity index (χ0) is 38.2. The Morgan fingerprint density at radius 2 is 0.586 bits per heavy atom. The fraction of sp³-hybridized carbons (Fsp3) is 0. The van der Waals surface area contributed by atoms with Gasteiger partial charge in [-0.3, -0.25) is 9.97 Å². The SMILES string of the molecule is c1ccc2c(N(c3cc4cnc5cc(N(c6cccc7ccccc67)c6cccc7ccccc67)cc6ncc(c3)c4c56)c3cccc4ccccc34)cccc2c1. The van der Waals surface area contributed by atoms with Crippen molar-refractivity contribution in [2.75, 3.05) is 9.80 Å². The van der Waals surface area contributed by atoms with Crippen molar-refractivity contribution in [1.29, 1.82) is 0 Å². The lowest BCUT2D eigenvalue weighted by Gasteiger charge is -2.29. The van der Waals surface area contributed by atoms with Gasteiger partial charge in [0.05, 0.1) is 39.5 Å². The summed E-state index contributed by atoms with van der Waals surface area (Å²) in [6, 6.07) is 69.8. The average Bonchev–Trinajstić information content (AvgIpc) is 3.28. The van der Waals surface area contributed by atoms with Gasteiger partial charge in [-0.05, 0) is 70.1 Å². The van der Waals surface area contributed by atoms with Gasteiger partial charge in [0, 0.05) is 61.2 Å². The highest BCUT2D eigenvalue weighted by Gasteiger charge is 2.23. The van der Waals surface area contributed by atoms with E-state index in [1.165, 1.54) is 48.5 Å². The van der Waals surface area contributed by atoms with Crippen molar-refractivity contribution in [3.8, 4) is 0 Å². The lowest BCUT2D eigenvalue weighted by Crippen LogP contribution is -2.12. The summed E-state index contributed by atoms with van der Waals surface area (Å²) in [7, 11) is 0. The lowest BCUT2D eigenvalue weighted by molar-refractivity contribution is 1.30. The van der Waals surface area contributed by atoms with Crippen LogP contribution in [0.5, 0.6) is 0 Å². The van der Waals surface area contributed by atoms with E-state index in [0.29, 0.717) is 0 Å². The van der Waals surface area contributed by atoms with Gasteiger partial charge in [-0.25, -0.2) is 0 Å². The normalized spacial score (nSPS) is 11.8. The lowest BCUT2D eigenvalue weighted by atomic mass is 9.98. The average molecular weight is 739 g/mol. The third-order valence-electron chi connectivity index (χ3n) is 11.7. The minimum Gasteiger partial charge on any atom is -0.309 e. The van der Waals surface area contributed by atoms with Crippen LogP contribution in [0.25, 0.3) is 75.7 Å². The van der Waals surface area contributed by atoms with Gasteiger partial charge < -0.3 is 9.80 Å². The fourth-order valence-electron chi connectivity index (χ4n) is 9.19. The van der Waals surface area contributed by atoms with Crippen molar-refractivity contribution in [3.63, 3.8) is 0 Å². The van der Waals surface area contributed by atoms with Crippen molar-refractivity contribution in [1.82, 2.24) is 9.97 Å². The number of hydrogen-bond donors (Lipinski definition) is 0. The van der Waals surface area contributed by atoms with E-state index in [-0.39, 0.29) is 0 Å². The summed E-state index contributed by atoms with van der Waals surface area (Å²) in [6.07, 6.45) is 4.09. The smallest absolute Gasteiger partial charge is 0.0751 e. The molecule has 0 fully saturated rings. The van der Waals surface area contributed by atoms with E-state index in [0.717, 1.165) is 61.3 Å². The molecule has 4 nitrogen and oxygen atoms in total. The van der Waals surface area contributed by atoms with Crippen molar-refractivity contribution < 1.29 is 0 Å². The summed E-state index contributed by atoms with van der Waals surface area (Å²) >= 11 is 0. The van der Waals surface area contributed by atoms with E-state index >= 15 is 0 Å². The molecule has 0 unspecified atom stereocenters. The molecule has 12 aromatic rings. The fourth-order valence-corrected chi connectivity index (χ4v) is 9.19. The number of nitrogens with zero attached hydrogens (tertiary/aromatic N) is 4. The van der Waals surface area contributed by atoms with Gasteiger partial charge in [0.1, 0.15) is 0 Å². The van der Waals surface area contributed by atoms with Crippen molar-refractivity contribution in [2.24, 2.45) is 0 Å². The Bertz CT molecular complexity index is 3070. The van der Waals surface area contributed by atoms with E-state index in [1.807, 2.05) is 12.4 Å². The van der Waals surface area contributed by atoms with Crippen LogP contribution in [0.1, 0.15) is 0 Å². The first-order valence-electron chi connectivity index (χ1n) is 19.7. The molecule has 2 aromatic heterocycles. The number of fused-ring (bicyclic) bond motifs is 4. The molecule has 270 valence electrons. The highest BCUT2D eigenvalue weighted by Crippen LogP contribution is 2.47. The molecular weight excluding hydrogens is 705 g/mol. The van der Waals surface area contributed by atoms with Gasteiger partial charge in [0.15, 0.2) is 0 Å².